The summed E-state index contributed by atoms with van der Waals surface area (Å²) in [5, 5.41) is 9.21. The number of rotatable bonds is 4. The van der Waals surface area contributed by atoms with Crippen molar-refractivity contribution in [1.82, 2.24) is 4.72 Å². The van der Waals surface area contributed by atoms with E-state index in [4.69, 9.17) is 0 Å². The van der Waals surface area contributed by atoms with E-state index >= 15 is 0 Å². The Balaban J connectivity index is 2.23. The standard InChI is InChI=1S/C13H18FNO3S/c1-9-7-11(14)5-6-13(9)19(17,18)15-12-4-2-3-10(12)8-16/h5-7,10,12,15-16H,2-4,8H2,1H3. The van der Waals surface area contributed by atoms with Gasteiger partial charge in [0, 0.05) is 12.6 Å². The Morgan fingerprint density at radius 1 is 1.42 bits per heavy atom. The quantitative estimate of drug-likeness (QED) is 0.883. The fourth-order valence-electron chi connectivity index (χ4n) is 2.59. The van der Waals surface area contributed by atoms with Gasteiger partial charge in [0.05, 0.1) is 4.90 Å². The fraction of sp³-hybridized carbons (Fsp3) is 0.538. The van der Waals surface area contributed by atoms with Crippen molar-refractivity contribution in [2.75, 3.05) is 6.61 Å². The molecule has 1 aliphatic carbocycles. The molecule has 0 bridgehead atoms. The van der Waals surface area contributed by atoms with Crippen molar-refractivity contribution < 1.29 is 17.9 Å². The molecule has 0 spiro atoms. The van der Waals surface area contributed by atoms with E-state index in [0.29, 0.717) is 5.56 Å². The first-order valence-electron chi connectivity index (χ1n) is 6.33. The molecule has 6 heteroatoms. The predicted octanol–water partition coefficient (Wildman–Crippen LogP) is 1.57. The summed E-state index contributed by atoms with van der Waals surface area (Å²) in [7, 11) is -3.66. The van der Waals surface area contributed by atoms with Gasteiger partial charge < -0.3 is 5.11 Å². The Morgan fingerprint density at radius 3 is 2.79 bits per heavy atom. The molecular formula is C13H18FNO3S. The highest BCUT2D eigenvalue weighted by molar-refractivity contribution is 7.89. The summed E-state index contributed by atoms with van der Waals surface area (Å²) in [6.45, 7) is 1.55. The maximum absolute atomic E-state index is 13.0. The van der Waals surface area contributed by atoms with Crippen molar-refractivity contribution in [2.24, 2.45) is 5.92 Å². The number of aryl methyl sites for hydroxylation is 1. The molecule has 0 aromatic heterocycles. The topological polar surface area (TPSA) is 66.4 Å². The third-order valence-electron chi connectivity index (χ3n) is 3.63. The van der Waals surface area contributed by atoms with E-state index in [9.17, 15) is 17.9 Å². The molecule has 1 aromatic rings. The number of hydrogen-bond acceptors (Lipinski definition) is 3. The highest BCUT2D eigenvalue weighted by atomic mass is 32.2. The van der Waals surface area contributed by atoms with Gasteiger partial charge in [-0.1, -0.05) is 6.42 Å². The lowest BCUT2D eigenvalue weighted by atomic mass is 10.1. The summed E-state index contributed by atoms with van der Waals surface area (Å²) in [5.41, 5.74) is 0.381. The Labute approximate surface area is 112 Å². The van der Waals surface area contributed by atoms with Crippen LogP contribution in [0.2, 0.25) is 0 Å². The minimum atomic E-state index is -3.66. The zero-order valence-electron chi connectivity index (χ0n) is 10.8. The van der Waals surface area contributed by atoms with E-state index in [-0.39, 0.29) is 23.5 Å². The zero-order valence-corrected chi connectivity index (χ0v) is 11.6. The van der Waals surface area contributed by atoms with E-state index in [0.717, 1.165) is 25.3 Å². The number of aliphatic hydroxyl groups is 1. The SMILES string of the molecule is Cc1cc(F)ccc1S(=O)(=O)NC1CCCC1CO. The first kappa shape index (κ1) is 14.4. The highest BCUT2D eigenvalue weighted by Crippen LogP contribution is 2.27. The second-order valence-corrected chi connectivity index (χ2v) is 6.69. The number of hydrogen-bond donors (Lipinski definition) is 2. The van der Waals surface area contributed by atoms with Gasteiger partial charge in [-0.15, -0.1) is 0 Å². The lowest BCUT2D eigenvalue weighted by Gasteiger charge is -2.19. The summed E-state index contributed by atoms with van der Waals surface area (Å²) in [4.78, 5) is 0.0949. The molecule has 1 aliphatic rings. The van der Waals surface area contributed by atoms with Crippen LogP contribution in [0.15, 0.2) is 23.1 Å². The third-order valence-corrected chi connectivity index (χ3v) is 5.28. The lowest BCUT2D eigenvalue weighted by molar-refractivity contribution is 0.213. The van der Waals surface area contributed by atoms with Gasteiger partial charge in [0.2, 0.25) is 10.0 Å². The minimum Gasteiger partial charge on any atom is -0.396 e. The Hall–Kier alpha value is -0.980. The molecule has 0 aliphatic heterocycles. The van der Waals surface area contributed by atoms with E-state index in [1.165, 1.54) is 12.1 Å². The minimum absolute atomic E-state index is 0.0183. The maximum Gasteiger partial charge on any atom is 0.241 e. The van der Waals surface area contributed by atoms with Crippen molar-refractivity contribution in [1.29, 1.82) is 0 Å². The summed E-state index contributed by atoms with van der Waals surface area (Å²) >= 11 is 0. The van der Waals surface area contributed by atoms with Crippen LogP contribution in [0, 0.1) is 18.7 Å². The molecule has 0 radical (unpaired) electrons. The van der Waals surface area contributed by atoms with Crippen LogP contribution >= 0.6 is 0 Å². The number of aliphatic hydroxyl groups excluding tert-OH is 1. The number of sulfonamides is 1. The van der Waals surface area contributed by atoms with Crippen LogP contribution in [-0.4, -0.2) is 26.2 Å². The summed E-state index contributed by atoms with van der Waals surface area (Å²) in [6, 6.07) is 3.38. The van der Waals surface area contributed by atoms with Gasteiger partial charge in [-0.2, -0.15) is 0 Å². The fourth-order valence-corrected chi connectivity index (χ4v) is 4.15. The summed E-state index contributed by atoms with van der Waals surface area (Å²) in [5.74, 6) is -0.485. The van der Waals surface area contributed by atoms with Crippen LogP contribution in [0.1, 0.15) is 24.8 Å². The molecule has 0 saturated heterocycles. The molecule has 2 rings (SSSR count). The van der Waals surface area contributed by atoms with E-state index in [1.54, 1.807) is 6.92 Å². The molecule has 1 saturated carbocycles. The molecule has 0 amide bonds. The van der Waals surface area contributed by atoms with Crippen LogP contribution in [0.3, 0.4) is 0 Å². The normalized spacial score (nSPS) is 23.7. The van der Waals surface area contributed by atoms with Gasteiger partial charge in [-0.05, 0) is 49.4 Å². The zero-order chi connectivity index (χ0) is 14.0. The molecule has 106 valence electrons. The van der Waals surface area contributed by atoms with Crippen LogP contribution in [-0.2, 0) is 10.0 Å². The van der Waals surface area contributed by atoms with E-state index in [2.05, 4.69) is 4.72 Å². The van der Waals surface area contributed by atoms with Crippen molar-refractivity contribution in [3.8, 4) is 0 Å². The summed E-state index contributed by atoms with van der Waals surface area (Å²) in [6.07, 6.45) is 2.46. The van der Waals surface area contributed by atoms with E-state index < -0.39 is 15.8 Å². The Bertz CT molecular complexity index is 559. The van der Waals surface area contributed by atoms with Crippen molar-refractivity contribution in [3.63, 3.8) is 0 Å². The van der Waals surface area contributed by atoms with Crippen LogP contribution < -0.4 is 4.72 Å². The average molecular weight is 287 g/mol. The largest absolute Gasteiger partial charge is 0.396 e. The van der Waals surface area contributed by atoms with Gasteiger partial charge in [-0.25, -0.2) is 17.5 Å². The molecule has 4 nitrogen and oxygen atoms in total. The number of halogens is 1. The predicted molar refractivity (Wildman–Crippen MR) is 69.7 cm³/mol. The first-order valence-corrected chi connectivity index (χ1v) is 7.81. The summed E-state index contributed by atoms with van der Waals surface area (Å²) < 4.78 is 40.2. The monoisotopic (exact) mass is 287 g/mol. The number of nitrogens with one attached hydrogen (secondary N) is 1. The van der Waals surface area contributed by atoms with Crippen molar-refractivity contribution in [3.05, 3.63) is 29.6 Å². The van der Waals surface area contributed by atoms with Gasteiger partial charge >= 0.3 is 0 Å². The molecule has 2 unspecified atom stereocenters. The van der Waals surface area contributed by atoms with Crippen LogP contribution in [0.25, 0.3) is 0 Å². The second kappa shape index (κ2) is 5.56. The smallest absolute Gasteiger partial charge is 0.241 e. The van der Waals surface area contributed by atoms with Crippen molar-refractivity contribution >= 4 is 10.0 Å². The number of benzene rings is 1. The van der Waals surface area contributed by atoms with Crippen molar-refractivity contribution in [2.45, 2.75) is 37.1 Å². The Morgan fingerprint density at radius 2 is 2.16 bits per heavy atom. The molecule has 1 aromatic carbocycles. The average Bonchev–Trinajstić information content (AvgIpc) is 2.74. The Kier molecular flexibility index (Phi) is 4.23. The first-order chi connectivity index (χ1) is 8.94. The lowest BCUT2D eigenvalue weighted by Crippen LogP contribution is -2.38. The maximum atomic E-state index is 13.0. The van der Waals surface area contributed by atoms with Crippen LogP contribution in [0.5, 0.6) is 0 Å². The van der Waals surface area contributed by atoms with Gasteiger partial charge in [0.25, 0.3) is 0 Å². The van der Waals surface area contributed by atoms with Gasteiger partial charge in [-0.3, -0.25) is 0 Å². The molecule has 0 heterocycles. The van der Waals surface area contributed by atoms with Crippen LogP contribution in [0.4, 0.5) is 4.39 Å². The molecular weight excluding hydrogens is 269 g/mol. The molecule has 2 N–H and O–H groups in total. The third kappa shape index (κ3) is 3.13. The molecule has 2 atom stereocenters. The van der Waals surface area contributed by atoms with Gasteiger partial charge in [0.15, 0.2) is 0 Å². The van der Waals surface area contributed by atoms with E-state index in [1.807, 2.05) is 0 Å². The molecule has 19 heavy (non-hydrogen) atoms. The highest BCUT2D eigenvalue weighted by Gasteiger charge is 2.31. The van der Waals surface area contributed by atoms with Gasteiger partial charge in [0.1, 0.15) is 5.82 Å². The molecule has 1 fully saturated rings. The second-order valence-electron chi connectivity index (χ2n) is 5.01.